The van der Waals surface area contributed by atoms with Gasteiger partial charge in [0.1, 0.15) is 98.9 Å². The Morgan fingerprint density at radius 2 is 0.711 bits per heavy atom. The van der Waals surface area contributed by atoms with Gasteiger partial charge in [-0.25, -0.2) is 0 Å². The highest BCUT2D eigenvalue weighted by molar-refractivity contribution is 5.58. The maximum atomic E-state index is 6.99. The molecule has 76 heavy (non-hydrogen) atoms. The zero-order chi connectivity index (χ0) is 52.9. The first-order valence-electron chi connectivity index (χ1n) is 27.7. The molecule has 8 bridgehead atoms. The molecule has 4 aromatic rings. The molecule has 8 fully saturated rings. The summed E-state index contributed by atoms with van der Waals surface area (Å²) in [5.41, 5.74) is 4.15. The van der Waals surface area contributed by atoms with E-state index in [2.05, 4.69) is 125 Å². The summed E-state index contributed by atoms with van der Waals surface area (Å²) in [6.07, 6.45) is 24.8. The van der Waals surface area contributed by atoms with E-state index < -0.39 is 0 Å². The molecule has 0 heterocycles. The third-order valence-electron chi connectivity index (χ3n) is 18.2. The summed E-state index contributed by atoms with van der Waals surface area (Å²) in [5.74, 6) is 8.47. The molecule has 8 aliphatic carbocycles. The molecular formula is C68H78O8. The third kappa shape index (κ3) is 9.59. The van der Waals surface area contributed by atoms with Crippen molar-refractivity contribution in [3.8, 4) is 46.0 Å². The van der Waals surface area contributed by atoms with Crippen LogP contribution in [0.1, 0.15) is 97.8 Å². The molecule has 8 nitrogen and oxygen atoms in total. The minimum atomic E-state index is -0.347. The molecule has 0 aliphatic heterocycles. The highest BCUT2D eigenvalue weighted by atomic mass is 16.5. The van der Waals surface area contributed by atoms with Crippen molar-refractivity contribution in [2.45, 2.75) is 81.0 Å². The number of hydrogen-bond acceptors (Lipinski definition) is 8. The molecule has 8 heteroatoms. The minimum absolute atomic E-state index is 0.000586. The second kappa shape index (κ2) is 22.8. The van der Waals surface area contributed by atoms with E-state index in [0.717, 1.165) is 65.3 Å². The Kier molecular flexibility index (Phi) is 15.8. The molecule has 8 aliphatic rings. The van der Waals surface area contributed by atoms with Gasteiger partial charge in [0, 0.05) is 35.2 Å². The van der Waals surface area contributed by atoms with Gasteiger partial charge in [0.05, 0.1) is 0 Å². The van der Waals surface area contributed by atoms with Crippen LogP contribution in [0.3, 0.4) is 0 Å². The quantitative estimate of drug-likeness (QED) is 0.0498. The van der Waals surface area contributed by atoms with Crippen molar-refractivity contribution >= 4 is 0 Å². The van der Waals surface area contributed by atoms with Crippen LogP contribution in [0, 0.1) is 40.4 Å². The summed E-state index contributed by atoms with van der Waals surface area (Å²) in [6.45, 7) is 35.3. The molecule has 0 N–H and O–H groups in total. The first-order chi connectivity index (χ1) is 37.2. The Morgan fingerprint density at radius 3 is 1.11 bits per heavy atom. The molecule has 8 saturated carbocycles. The zero-order valence-electron chi connectivity index (χ0n) is 44.6. The predicted octanol–water partition coefficient (Wildman–Crippen LogP) is 15.4. The number of ether oxygens (including phenoxy) is 8. The third-order valence-corrected chi connectivity index (χ3v) is 18.2. The molecule has 4 unspecified atom stereocenters. The highest BCUT2D eigenvalue weighted by Crippen LogP contribution is 2.86. The average Bonchev–Trinajstić information content (AvgIpc) is 3.48. The summed E-state index contributed by atoms with van der Waals surface area (Å²) >= 11 is 0. The number of rotatable bonds is 29. The zero-order valence-corrected chi connectivity index (χ0v) is 44.6. The largest absolute Gasteiger partial charge is 0.489 e. The van der Waals surface area contributed by atoms with Crippen molar-refractivity contribution in [3.05, 3.63) is 196 Å². The fraction of sp³-hybridized carbons (Fsp3) is 0.412. The lowest BCUT2D eigenvalue weighted by atomic mass is 9.25. The van der Waals surface area contributed by atoms with E-state index in [9.17, 15) is 0 Å². The van der Waals surface area contributed by atoms with Crippen molar-refractivity contribution in [2.75, 3.05) is 52.9 Å². The molecule has 0 radical (unpaired) electrons. The van der Waals surface area contributed by atoms with E-state index in [1.165, 1.54) is 60.8 Å². The molecule has 398 valence electrons. The van der Waals surface area contributed by atoms with Crippen LogP contribution >= 0.6 is 0 Å². The van der Waals surface area contributed by atoms with Crippen LogP contribution in [0.4, 0.5) is 0 Å². The van der Waals surface area contributed by atoms with Crippen LogP contribution in [0.2, 0.25) is 0 Å². The van der Waals surface area contributed by atoms with Crippen molar-refractivity contribution in [3.63, 3.8) is 0 Å². The van der Waals surface area contributed by atoms with Gasteiger partial charge in [-0.2, -0.15) is 0 Å². The van der Waals surface area contributed by atoms with E-state index in [1.54, 1.807) is 24.3 Å². The van der Waals surface area contributed by atoms with Crippen molar-refractivity contribution in [1.82, 2.24) is 0 Å². The van der Waals surface area contributed by atoms with Gasteiger partial charge in [-0.15, -0.1) is 0 Å². The monoisotopic (exact) mass is 1020 g/mol. The summed E-state index contributed by atoms with van der Waals surface area (Å²) in [5, 5.41) is 0. The average molecular weight is 1020 g/mol. The SMILES string of the molecule is C=CCOc1ccc(C2C3CC4(c5ccc(OCC=C)cc5OCC=C)CC2C(c2ccc(OCC=C)cc2OCC=C)C(C25CC6CC(CC(C6)C2)C5)(C4)C3c2ccc(OCC=C)cc2OCC=C)c(OCC=C)c1. The fourth-order valence-corrected chi connectivity index (χ4v) is 16.8. The topological polar surface area (TPSA) is 73.8 Å². The summed E-state index contributed by atoms with van der Waals surface area (Å²) < 4.78 is 52.9. The lowest BCUT2D eigenvalue weighted by Gasteiger charge is -2.79. The summed E-state index contributed by atoms with van der Waals surface area (Å²) in [6, 6.07) is 26.3. The van der Waals surface area contributed by atoms with Gasteiger partial charge in [0.2, 0.25) is 0 Å². The van der Waals surface area contributed by atoms with Crippen LogP contribution in [0.15, 0.2) is 174 Å². The van der Waals surface area contributed by atoms with E-state index in [-0.39, 0.29) is 45.8 Å². The Morgan fingerprint density at radius 1 is 0.382 bits per heavy atom. The molecule has 4 aromatic carbocycles. The second-order valence-corrected chi connectivity index (χ2v) is 22.5. The molecule has 0 spiro atoms. The maximum Gasteiger partial charge on any atom is 0.127 e. The van der Waals surface area contributed by atoms with Crippen LogP contribution in [-0.2, 0) is 5.41 Å². The van der Waals surface area contributed by atoms with Crippen LogP contribution in [0.25, 0.3) is 0 Å². The van der Waals surface area contributed by atoms with Gasteiger partial charge in [-0.3, -0.25) is 0 Å². The first-order valence-corrected chi connectivity index (χ1v) is 27.7. The van der Waals surface area contributed by atoms with E-state index in [1.807, 2.05) is 24.3 Å². The number of benzene rings is 4. The normalized spacial score (nSPS) is 29.1. The smallest absolute Gasteiger partial charge is 0.127 e. The van der Waals surface area contributed by atoms with Gasteiger partial charge < -0.3 is 37.9 Å². The summed E-state index contributed by atoms with van der Waals surface area (Å²) in [7, 11) is 0. The lowest BCUT2D eigenvalue weighted by molar-refractivity contribution is -0.237. The lowest BCUT2D eigenvalue weighted by Crippen LogP contribution is -2.71. The molecule has 12 rings (SSSR count). The fourth-order valence-electron chi connectivity index (χ4n) is 16.8. The Balaban J connectivity index is 1.33. The molecule has 0 aromatic heterocycles. The maximum absolute atomic E-state index is 6.99. The van der Waals surface area contributed by atoms with Gasteiger partial charge >= 0.3 is 0 Å². The molecule has 0 amide bonds. The van der Waals surface area contributed by atoms with Gasteiger partial charge in [-0.1, -0.05) is 126 Å². The van der Waals surface area contributed by atoms with Crippen LogP contribution in [0.5, 0.6) is 46.0 Å². The molecular weight excluding hydrogens is 945 g/mol. The molecule has 0 saturated heterocycles. The standard InChI is InChI=1S/C68H78O8/c1-9-25-69-49-17-21-53(59(36-49)73-29-13-5)63-56-43-66(58-24-20-52(72-28-12-4)39-62(58)76-32-16-8)44-57(63)65(55-23-19-51(71-27-11-3)38-61(55)75-31-15-7)68(45-66,67-40-46-33-47(41-67)35-48(34-46)42-67)64(56)54-22-18-50(70-26-10-2)37-60(54)74-30-14-6/h9-24,36-39,46-48,56-57,63-65H,1-8,25-35,40-45H2. The summed E-state index contributed by atoms with van der Waals surface area (Å²) in [4.78, 5) is 0. The second-order valence-electron chi connectivity index (χ2n) is 22.5. The Bertz CT molecular complexity index is 2690. The predicted molar refractivity (Wildman–Crippen MR) is 305 cm³/mol. The van der Waals surface area contributed by atoms with Gasteiger partial charge in [-0.05, 0) is 157 Å². The van der Waals surface area contributed by atoms with Crippen LogP contribution in [-0.4, -0.2) is 52.9 Å². The Hall–Kier alpha value is -6.80. The van der Waals surface area contributed by atoms with Crippen molar-refractivity contribution in [1.29, 1.82) is 0 Å². The van der Waals surface area contributed by atoms with Crippen LogP contribution < -0.4 is 37.9 Å². The van der Waals surface area contributed by atoms with Crippen molar-refractivity contribution < 1.29 is 37.9 Å². The number of hydrogen-bond donors (Lipinski definition) is 0. The first kappa shape index (κ1) is 52.6. The van der Waals surface area contributed by atoms with E-state index in [4.69, 9.17) is 37.9 Å². The van der Waals surface area contributed by atoms with E-state index >= 15 is 0 Å². The van der Waals surface area contributed by atoms with Crippen molar-refractivity contribution in [2.24, 2.45) is 40.4 Å². The molecule has 4 atom stereocenters. The van der Waals surface area contributed by atoms with E-state index in [0.29, 0.717) is 70.6 Å². The highest BCUT2D eigenvalue weighted by Gasteiger charge is 2.77. The van der Waals surface area contributed by atoms with Gasteiger partial charge in [0.25, 0.3) is 0 Å². The Labute approximate surface area is 452 Å². The van der Waals surface area contributed by atoms with Gasteiger partial charge in [0.15, 0.2) is 0 Å². The minimum Gasteiger partial charge on any atom is -0.489 e.